The fraction of sp³-hybridized carbons (Fsp3) is 0.278. The van der Waals surface area contributed by atoms with Crippen LogP contribution in [0.4, 0.5) is 15.8 Å². The van der Waals surface area contributed by atoms with E-state index in [0.29, 0.717) is 13.1 Å². The minimum Gasteiger partial charge on any atom is -0.388 e. The van der Waals surface area contributed by atoms with Gasteiger partial charge in [0.05, 0.1) is 5.56 Å². The summed E-state index contributed by atoms with van der Waals surface area (Å²) in [5, 5.41) is 3.05. The molecule has 0 atom stereocenters. The van der Waals surface area contributed by atoms with Crippen LogP contribution in [0.25, 0.3) is 0 Å². The third kappa shape index (κ3) is 4.29. The average Bonchev–Trinajstić information content (AvgIpc) is 2.55. The topological polar surface area (TPSA) is 35.6 Å². The van der Waals surface area contributed by atoms with Gasteiger partial charge in [0.2, 0.25) is 0 Å². The lowest BCUT2D eigenvalue weighted by Gasteiger charge is -2.25. The van der Waals surface area contributed by atoms with Crippen molar-refractivity contribution in [1.29, 1.82) is 0 Å². The monoisotopic (exact) mass is 315 g/mol. The van der Waals surface area contributed by atoms with Gasteiger partial charge in [-0.25, -0.2) is 4.39 Å². The predicted octanol–water partition coefficient (Wildman–Crippen LogP) is 3.08. The summed E-state index contributed by atoms with van der Waals surface area (Å²) in [6.07, 6.45) is 0. The number of carbonyl (C=O) groups excluding carboxylic acids is 1. The highest BCUT2D eigenvalue weighted by Crippen LogP contribution is 2.22. The highest BCUT2D eigenvalue weighted by molar-refractivity contribution is 6.06. The van der Waals surface area contributed by atoms with Gasteiger partial charge in [0.1, 0.15) is 5.82 Å². The van der Waals surface area contributed by atoms with Crippen molar-refractivity contribution in [3.8, 4) is 0 Å². The number of nitrogens with zero attached hydrogens (tertiary/aromatic N) is 2. The summed E-state index contributed by atoms with van der Waals surface area (Å²) in [5.41, 5.74) is 1.73. The largest absolute Gasteiger partial charge is 0.388 e. The Morgan fingerprint density at radius 1 is 1.09 bits per heavy atom. The highest BCUT2D eigenvalue weighted by Gasteiger charge is 2.20. The third-order valence-corrected chi connectivity index (χ3v) is 3.57. The number of likely N-dealkylation sites (N-methyl/N-ethyl adjacent to an activating group) is 1. The Bertz CT molecular complexity index is 673. The van der Waals surface area contributed by atoms with Crippen molar-refractivity contribution < 1.29 is 9.18 Å². The molecular formula is C18H22FN3O. The first-order valence-electron chi connectivity index (χ1n) is 7.52. The first kappa shape index (κ1) is 17.0. The Balaban J connectivity index is 2.37. The molecule has 1 N–H and O–H groups in total. The molecule has 2 aromatic rings. The van der Waals surface area contributed by atoms with Crippen molar-refractivity contribution in [2.75, 3.05) is 44.4 Å². The smallest absolute Gasteiger partial charge is 0.261 e. The number of rotatable bonds is 6. The maximum atomic E-state index is 14.0. The second-order valence-electron chi connectivity index (χ2n) is 5.54. The molecule has 0 aliphatic carbocycles. The second-order valence-corrected chi connectivity index (χ2v) is 5.54. The summed E-state index contributed by atoms with van der Waals surface area (Å²) < 4.78 is 14.0. The minimum atomic E-state index is -0.503. The zero-order valence-corrected chi connectivity index (χ0v) is 13.7. The van der Waals surface area contributed by atoms with Gasteiger partial charge in [-0.15, -0.1) is 0 Å². The van der Waals surface area contributed by atoms with Crippen molar-refractivity contribution >= 4 is 17.3 Å². The fourth-order valence-corrected chi connectivity index (χ4v) is 2.26. The van der Waals surface area contributed by atoms with Gasteiger partial charge in [-0.2, -0.15) is 0 Å². The van der Waals surface area contributed by atoms with Crippen LogP contribution < -0.4 is 10.2 Å². The molecule has 0 saturated heterocycles. The first-order valence-corrected chi connectivity index (χ1v) is 7.52. The van der Waals surface area contributed by atoms with Crippen molar-refractivity contribution in [2.45, 2.75) is 0 Å². The van der Waals surface area contributed by atoms with Crippen LogP contribution in [0, 0.1) is 5.82 Å². The Morgan fingerprint density at radius 3 is 2.48 bits per heavy atom. The van der Waals surface area contributed by atoms with E-state index in [9.17, 15) is 9.18 Å². The average molecular weight is 315 g/mol. The number of hydrogen-bond donors (Lipinski definition) is 1. The lowest BCUT2D eigenvalue weighted by Crippen LogP contribution is -2.37. The quantitative estimate of drug-likeness (QED) is 0.890. The molecule has 0 bridgehead atoms. The van der Waals surface area contributed by atoms with Crippen molar-refractivity contribution in [3.63, 3.8) is 0 Å². The van der Waals surface area contributed by atoms with Crippen LogP contribution in [0.5, 0.6) is 0 Å². The fourth-order valence-electron chi connectivity index (χ4n) is 2.26. The van der Waals surface area contributed by atoms with Gasteiger partial charge in [-0.3, -0.25) is 4.79 Å². The van der Waals surface area contributed by atoms with E-state index in [1.807, 2.05) is 50.3 Å². The molecule has 0 unspecified atom stereocenters. The number of nitrogens with one attached hydrogen (secondary N) is 1. The van der Waals surface area contributed by atoms with Gasteiger partial charge < -0.3 is 15.1 Å². The van der Waals surface area contributed by atoms with Crippen LogP contribution in [-0.4, -0.2) is 45.0 Å². The van der Waals surface area contributed by atoms with E-state index in [1.165, 1.54) is 12.1 Å². The predicted molar refractivity (Wildman–Crippen MR) is 92.6 cm³/mol. The Morgan fingerprint density at radius 2 is 1.83 bits per heavy atom. The second kappa shape index (κ2) is 7.74. The molecule has 122 valence electrons. The summed E-state index contributed by atoms with van der Waals surface area (Å²) >= 11 is 0. The normalized spacial score (nSPS) is 10.7. The molecule has 4 nitrogen and oxygen atoms in total. The van der Waals surface area contributed by atoms with Crippen LogP contribution in [0.15, 0.2) is 48.5 Å². The number of benzene rings is 2. The molecular weight excluding hydrogens is 293 g/mol. The third-order valence-electron chi connectivity index (χ3n) is 3.57. The molecule has 1 amide bonds. The van der Waals surface area contributed by atoms with Crippen molar-refractivity contribution in [2.24, 2.45) is 0 Å². The van der Waals surface area contributed by atoms with E-state index in [2.05, 4.69) is 5.32 Å². The van der Waals surface area contributed by atoms with E-state index in [1.54, 1.807) is 17.0 Å². The molecule has 0 aliphatic rings. The standard InChI is InChI=1S/C18H22FN3O/c1-20-14-7-6-8-15(13-14)22(12-11-21(2)3)18(23)16-9-4-5-10-17(16)19/h4-10,13,20H,11-12H2,1-3H3. The van der Waals surface area contributed by atoms with Crippen LogP contribution in [0.2, 0.25) is 0 Å². The SMILES string of the molecule is CNc1cccc(N(CCN(C)C)C(=O)c2ccccc2F)c1. The van der Waals surface area contributed by atoms with E-state index in [0.717, 1.165) is 11.4 Å². The molecule has 0 saturated carbocycles. The van der Waals surface area contributed by atoms with E-state index in [4.69, 9.17) is 0 Å². The number of carbonyl (C=O) groups is 1. The summed E-state index contributed by atoms with van der Waals surface area (Å²) in [4.78, 5) is 16.4. The van der Waals surface area contributed by atoms with E-state index >= 15 is 0 Å². The van der Waals surface area contributed by atoms with Crippen molar-refractivity contribution in [1.82, 2.24) is 4.90 Å². The maximum Gasteiger partial charge on any atom is 0.261 e. The molecule has 0 radical (unpaired) electrons. The zero-order chi connectivity index (χ0) is 16.8. The van der Waals surface area contributed by atoms with Crippen LogP contribution in [0.1, 0.15) is 10.4 Å². The van der Waals surface area contributed by atoms with Gasteiger partial charge >= 0.3 is 0 Å². The van der Waals surface area contributed by atoms with E-state index < -0.39 is 5.82 Å². The molecule has 0 heterocycles. The van der Waals surface area contributed by atoms with Gasteiger partial charge in [0.25, 0.3) is 5.91 Å². The summed E-state index contributed by atoms with van der Waals surface area (Å²) in [5.74, 6) is -0.838. The minimum absolute atomic E-state index is 0.0844. The Labute approximate surface area is 136 Å². The first-order chi connectivity index (χ1) is 11.0. The molecule has 0 aromatic heterocycles. The highest BCUT2D eigenvalue weighted by atomic mass is 19.1. The lowest BCUT2D eigenvalue weighted by molar-refractivity contribution is 0.0981. The molecule has 0 fully saturated rings. The van der Waals surface area contributed by atoms with Gasteiger partial charge in [-0.1, -0.05) is 18.2 Å². The zero-order valence-electron chi connectivity index (χ0n) is 13.7. The van der Waals surface area contributed by atoms with Gasteiger partial charge in [-0.05, 0) is 44.4 Å². The van der Waals surface area contributed by atoms with E-state index in [-0.39, 0.29) is 11.5 Å². The molecule has 23 heavy (non-hydrogen) atoms. The van der Waals surface area contributed by atoms with Gasteiger partial charge in [0.15, 0.2) is 0 Å². The summed E-state index contributed by atoms with van der Waals surface area (Å²) in [7, 11) is 5.70. The number of hydrogen-bond acceptors (Lipinski definition) is 3. The lowest BCUT2D eigenvalue weighted by atomic mass is 10.1. The number of halogens is 1. The molecule has 2 rings (SSSR count). The van der Waals surface area contributed by atoms with Gasteiger partial charge in [0, 0.05) is 31.5 Å². The molecule has 0 spiro atoms. The van der Waals surface area contributed by atoms with Crippen LogP contribution >= 0.6 is 0 Å². The van der Waals surface area contributed by atoms with Crippen molar-refractivity contribution in [3.05, 3.63) is 59.9 Å². The summed E-state index contributed by atoms with van der Waals surface area (Å²) in [6.45, 7) is 1.16. The number of amides is 1. The van der Waals surface area contributed by atoms with Crippen LogP contribution in [0.3, 0.4) is 0 Å². The Kier molecular flexibility index (Phi) is 5.71. The maximum absolute atomic E-state index is 14.0. The number of anilines is 2. The Hall–Kier alpha value is -2.40. The van der Waals surface area contributed by atoms with Crippen LogP contribution in [-0.2, 0) is 0 Å². The molecule has 0 aliphatic heterocycles. The molecule has 2 aromatic carbocycles. The molecule has 5 heteroatoms. The summed E-state index contributed by atoms with van der Waals surface area (Å²) in [6, 6.07) is 13.6.